The molecule has 0 saturated heterocycles. The molecule has 0 aliphatic rings. The van der Waals surface area contributed by atoms with Gasteiger partial charge in [0.25, 0.3) is 0 Å². The number of benzene rings is 1. The average molecular weight is 314 g/mol. The second-order valence-corrected chi connectivity index (χ2v) is 6.26. The Labute approximate surface area is 117 Å². The number of thioether (sulfide) groups is 1. The highest BCUT2D eigenvalue weighted by Gasteiger charge is 2.06. The van der Waals surface area contributed by atoms with Gasteiger partial charge < -0.3 is 5.32 Å². The van der Waals surface area contributed by atoms with Gasteiger partial charge in [-0.15, -0.1) is 18.3 Å². The topological polar surface area (TPSA) is 12.0 Å². The molecule has 0 saturated carbocycles. The van der Waals surface area contributed by atoms with Crippen LogP contribution in [0.15, 0.2) is 45.8 Å². The van der Waals surface area contributed by atoms with Gasteiger partial charge in [0, 0.05) is 21.2 Å². The van der Waals surface area contributed by atoms with Crippen molar-refractivity contribution in [1.29, 1.82) is 0 Å². The van der Waals surface area contributed by atoms with Crippen LogP contribution in [-0.2, 0) is 0 Å². The van der Waals surface area contributed by atoms with Gasteiger partial charge in [-0.05, 0) is 51.1 Å². The molecule has 1 aromatic carbocycles. The minimum Gasteiger partial charge on any atom is -0.316 e. The summed E-state index contributed by atoms with van der Waals surface area (Å²) in [7, 11) is 2.03. The van der Waals surface area contributed by atoms with Gasteiger partial charge in [0.2, 0.25) is 0 Å². The molecule has 0 aliphatic heterocycles. The predicted molar refractivity (Wildman–Crippen MR) is 81.8 cm³/mol. The predicted octanol–water partition coefficient (Wildman–Crippen LogP) is 4.49. The number of hydrogen-bond acceptors (Lipinski definition) is 2. The third kappa shape index (κ3) is 6.29. The van der Waals surface area contributed by atoms with Crippen molar-refractivity contribution in [2.75, 3.05) is 12.8 Å². The Hall–Kier alpha value is -0.250. The lowest BCUT2D eigenvalue weighted by Gasteiger charge is -2.15. The molecule has 94 valence electrons. The summed E-state index contributed by atoms with van der Waals surface area (Å²) >= 11 is 5.35. The van der Waals surface area contributed by atoms with E-state index in [0.717, 1.165) is 23.1 Å². The summed E-state index contributed by atoms with van der Waals surface area (Å²) in [5.74, 6) is 1.10. The van der Waals surface area contributed by atoms with Crippen molar-refractivity contribution in [3.05, 3.63) is 40.9 Å². The summed E-state index contributed by atoms with van der Waals surface area (Å²) in [6, 6.07) is 9.04. The van der Waals surface area contributed by atoms with Crippen LogP contribution in [0.1, 0.15) is 19.8 Å². The Bertz CT molecular complexity index is 348. The van der Waals surface area contributed by atoms with Crippen LogP contribution in [0.3, 0.4) is 0 Å². The minimum atomic E-state index is 0.556. The number of nitrogens with one attached hydrogen (secondary N) is 1. The normalized spacial score (nSPS) is 12.4. The van der Waals surface area contributed by atoms with E-state index in [2.05, 4.69) is 59.0 Å². The Kier molecular flexibility index (Phi) is 6.93. The third-order valence-electron chi connectivity index (χ3n) is 2.59. The Morgan fingerprint density at radius 3 is 2.59 bits per heavy atom. The quantitative estimate of drug-likeness (QED) is 0.588. The van der Waals surface area contributed by atoms with Crippen LogP contribution in [0.4, 0.5) is 0 Å². The summed E-state index contributed by atoms with van der Waals surface area (Å²) in [5, 5.41) is 3.37. The maximum Gasteiger partial charge on any atom is 0.0176 e. The molecule has 0 aliphatic carbocycles. The lowest BCUT2D eigenvalue weighted by Crippen LogP contribution is -2.27. The van der Waals surface area contributed by atoms with Crippen LogP contribution in [0.5, 0.6) is 0 Å². The minimum absolute atomic E-state index is 0.556. The van der Waals surface area contributed by atoms with E-state index in [9.17, 15) is 0 Å². The zero-order valence-corrected chi connectivity index (χ0v) is 12.9. The van der Waals surface area contributed by atoms with E-state index in [1.54, 1.807) is 0 Å². The highest BCUT2D eigenvalue weighted by molar-refractivity contribution is 9.10. The number of hydrogen-bond donors (Lipinski definition) is 1. The van der Waals surface area contributed by atoms with Crippen LogP contribution < -0.4 is 5.32 Å². The van der Waals surface area contributed by atoms with Gasteiger partial charge in [0.15, 0.2) is 0 Å². The molecule has 0 radical (unpaired) electrons. The third-order valence-corrected chi connectivity index (χ3v) is 4.30. The van der Waals surface area contributed by atoms with Crippen molar-refractivity contribution in [3.63, 3.8) is 0 Å². The van der Waals surface area contributed by atoms with Gasteiger partial charge in [-0.1, -0.05) is 21.5 Å². The van der Waals surface area contributed by atoms with Crippen molar-refractivity contribution >= 4 is 27.7 Å². The highest BCUT2D eigenvalue weighted by Crippen LogP contribution is 2.22. The average Bonchev–Trinajstić information content (AvgIpc) is 2.31. The van der Waals surface area contributed by atoms with Gasteiger partial charge in [0.05, 0.1) is 0 Å². The van der Waals surface area contributed by atoms with Crippen molar-refractivity contribution in [2.45, 2.75) is 30.7 Å². The molecule has 1 N–H and O–H groups in total. The van der Waals surface area contributed by atoms with Gasteiger partial charge in [-0.3, -0.25) is 0 Å². The van der Waals surface area contributed by atoms with E-state index in [1.807, 2.05) is 18.8 Å². The van der Waals surface area contributed by atoms with E-state index in [4.69, 9.17) is 0 Å². The molecule has 3 heteroatoms. The SMILES string of the molecule is C=C(C)CCC(CSc1ccc(Br)cc1)NC. The van der Waals surface area contributed by atoms with Gasteiger partial charge in [-0.2, -0.15) is 0 Å². The molecule has 1 unspecified atom stereocenters. The standard InChI is InChI=1S/C14H20BrNS/c1-11(2)4-7-13(16-3)10-17-14-8-5-12(15)6-9-14/h5-6,8-9,13,16H,1,4,7,10H2,2-3H3. The molecular formula is C14H20BrNS. The number of halogens is 1. The second-order valence-electron chi connectivity index (χ2n) is 4.25. The highest BCUT2D eigenvalue weighted by atomic mass is 79.9. The van der Waals surface area contributed by atoms with E-state index >= 15 is 0 Å². The van der Waals surface area contributed by atoms with Crippen LogP contribution in [0.25, 0.3) is 0 Å². The fraction of sp³-hybridized carbons (Fsp3) is 0.429. The Morgan fingerprint density at radius 1 is 1.41 bits per heavy atom. The summed E-state index contributed by atoms with van der Waals surface area (Å²) in [6.07, 6.45) is 2.27. The molecule has 0 fully saturated rings. The van der Waals surface area contributed by atoms with Crippen LogP contribution >= 0.6 is 27.7 Å². The lowest BCUT2D eigenvalue weighted by atomic mass is 10.1. The van der Waals surface area contributed by atoms with Gasteiger partial charge in [0.1, 0.15) is 0 Å². The zero-order chi connectivity index (χ0) is 12.7. The van der Waals surface area contributed by atoms with E-state index in [0.29, 0.717) is 6.04 Å². The summed E-state index contributed by atoms with van der Waals surface area (Å²) in [6.45, 7) is 6.04. The Morgan fingerprint density at radius 2 is 2.06 bits per heavy atom. The summed E-state index contributed by atoms with van der Waals surface area (Å²) in [5.41, 5.74) is 1.26. The smallest absolute Gasteiger partial charge is 0.0176 e. The molecule has 1 rings (SSSR count). The molecule has 0 heterocycles. The van der Waals surface area contributed by atoms with Crippen molar-refractivity contribution in [1.82, 2.24) is 5.32 Å². The van der Waals surface area contributed by atoms with Crippen molar-refractivity contribution in [2.24, 2.45) is 0 Å². The van der Waals surface area contributed by atoms with Crippen molar-refractivity contribution in [3.8, 4) is 0 Å². The van der Waals surface area contributed by atoms with Crippen molar-refractivity contribution < 1.29 is 0 Å². The molecule has 1 atom stereocenters. The number of allylic oxidation sites excluding steroid dienone is 1. The van der Waals surface area contributed by atoms with Crippen LogP contribution in [-0.4, -0.2) is 18.8 Å². The molecule has 0 bridgehead atoms. The molecular weight excluding hydrogens is 294 g/mol. The molecule has 0 aromatic heterocycles. The first-order chi connectivity index (χ1) is 8.11. The molecule has 1 aromatic rings. The van der Waals surface area contributed by atoms with E-state index < -0.39 is 0 Å². The largest absolute Gasteiger partial charge is 0.316 e. The maximum atomic E-state index is 3.95. The monoisotopic (exact) mass is 313 g/mol. The summed E-state index contributed by atoms with van der Waals surface area (Å²) < 4.78 is 1.13. The van der Waals surface area contributed by atoms with Gasteiger partial charge >= 0.3 is 0 Å². The molecule has 0 amide bonds. The van der Waals surface area contributed by atoms with Gasteiger partial charge in [-0.25, -0.2) is 0 Å². The fourth-order valence-electron chi connectivity index (χ4n) is 1.46. The van der Waals surface area contributed by atoms with Crippen LogP contribution in [0.2, 0.25) is 0 Å². The maximum absolute atomic E-state index is 3.95. The zero-order valence-electron chi connectivity index (χ0n) is 10.5. The molecule has 17 heavy (non-hydrogen) atoms. The van der Waals surface area contributed by atoms with E-state index in [1.165, 1.54) is 10.5 Å². The first-order valence-electron chi connectivity index (χ1n) is 5.82. The second kappa shape index (κ2) is 7.96. The fourth-order valence-corrected chi connectivity index (χ4v) is 2.78. The lowest BCUT2D eigenvalue weighted by molar-refractivity contribution is 0.571. The Balaban J connectivity index is 2.36. The molecule has 0 spiro atoms. The van der Waals surface area contributed by atoms with Crippen LogP contribution in [0, 0.1) is 0 Å². The number of rotatable bonds is 7. The first-order valence-corrected chi connectivity index (χ1v) is 7.59. The summed E-state index contributed by atoms with van der Waals surface area (Å²) in [4.78, 5) is 1.32. The molecule has 1 nitrogen and oxygen atoms in total. The first kappa shape index (κ1) is 14.8. The van der Waals surface area contributed by atoms with E-state index in [-0.39, 0.29) is 0 Å².